The van der Waals surface area contributed by atoms with E-state index in [1.807, 2.05) is 0 Å². The summed E-state index contributed by atoms with van der Waals surface area (Å²) in [6, 6.07) is 12.6. The Morgan fingerprint density at radius 1 is 1.06 bits per heavy atom. The number of ether oxygens (including phenoxy) is 2. The van der Waals surface area contributed by atoms with Crippen LogP contribution < -0.4 is 4.74 Å². The van der Waals surface area contributed by atoms with Gasteiger partial charge in [-0.3, -0.25) is 4.79 Å². The highest BCUT2D eigenvalue weighted by Gasteiger charge is 2.26. The van der Waals surface area contributed by atoms with E-state index in [9.17, 15) is 14.0 Å². The van der Waals surface area contributed by atoms with Crippen molar-refractivity contribution in [1.29, 1.82) is 0 Å². The summed E-state index contributed by atoms with van der Waals surface area (Å²) in [6.45, 7) is 1.83. The van der Waals surface area contributed by atoms with Crippen LogP contribution in [0.25, 0.3) is 0 Å². The van der Waals surface area contributed by atoms with Gasteiger partial charge in [-0.15, -0.1) is 0 Å². The van der Waals surface area contributed by atoms with Crippen LogP contribution in [0.5, 0.6) is 5.75 Å². The van der Waals surface area contributed by atoms with E-state index in [0.29, 0.717) is 29.6 Å². The minimum absolute atomic E-state index is 0.0828. The molecule has 0 saturated heterocycles. The molecule has 1 aliphatic rings. The SMILES string of the molecule is Cc1nc(COc2ccc(C(=O)OCC(=O)N(Cc3ccc(F)cc3)C3CCCCC3)cc2)no1. The molecule has 184 valence electrons. The number of carbonyl (C=O) groups excluding carboxylic acids is 2. The summed E-state index contributed by atoms with van der Waals surface area (Å²) in [5.41, 5.74) is 1.14. The number of amides is 1. The number of halogens is 1. The molecule has 0 bridgehead atoms. The molecule has 3 aromatic rings. The van der Waals surface area contributed by atoms with E-state index in [1.165, 1.54) is 12.1 Å². The van der Waals surface area contributed by atoms with Crippen LogP contribution in [0.1, 0.15) is 59.7 Å². The van der Waals surface area contributed by atoms with Crippen molar-refractivity contribution in [2.45, 2.75) is 58.2 Å². The van der Waals surface area contributed by atoms with E-state index in [1.54, 1.807) is 48.2 Å². The average Bonchev–Trinajstić information content (AvgIpc) is 3.31. The van der Waals surface area contributed by atoms with Gasteiger partial charge < -0.3 is 18.9 Å². The Balaban J connectivity index is 1.32. The Labute approximate surface area is 203 Å². The molecule has 0 unspecified atom stereocenters. The maximum atomic E-state index is 13.3. The molecule has 1 saturated carbocycles. The zero-order valence-corrected chi connectivity index (χ0v) is 19.6. The number of rotatable bonds is 9. The summed E-state index contributed by atoms with van der Waals surface area (Å²) in [4.78, 5) is 31.4. The first kappa shape index (κ1) is 24.4. The molecule has 4 rings (SSSR count). The Morgan fingerprint density at radius 3 is 2.43 bits per heavy atom. The van der Waals surface area contributed by atoms with Crippen molar-refractivity contribution in [2.75, 3.05) is 6.61 Å². The molecule has 35 heavy (non-hydrogen) atoms. The predicted molar refractivity (Wildman–Crippen MR) is 124 cm³/mol. The normalized spacial score (nSPS) is 13.9. The zero-order valence-electron chi connectivity index (χ0n) is 19.6. The van der Waals surface area contributed by atoms with E-state index >= 15 is 0 Å². The minimum Gasteiger partial charge on any atom is -0.485 e. The van der Waals surface area contributed by atoms with Gasteiger partial charge in [-0.05, 0) is 54.8 Å². The number of benzene rings is 2. The van der Waals surface area contributed by atoms with Crippen LogP contribution >= 0.6 is 0 Å². The van der Waals surface area contributed by atoms with Crippen molar-refractivity contribution >= 4 is 11.9 Å². The quantitative estimate of drug-likeness (QED) is 0.412. The highest BCUT2D eigenvalue weighted by atomic mass is 19.1. The lowest BCUT2D eigenvalue weighted by Crippen LogP contribution is -2.43. The van der Waals surface area contributed by atoms with Crippen LogP contribution in [-0.4, -0.2) is 39.6 Å². The Hall–Kier alpha value is -3.75. The molecule has 0 N–H and O–H groups in total. The van der Waals surface area contributed by atoms with Crippen molar-refractivity contribution in [3.63, 3.8) is 0 Å². The van der Waals surface area contributed by atoms with Crippen molar-refractivity contribution in [3.8, 4) is 5.75 Å². The lowest BCUT2D eigenvalue weighted by atomic mass is 9.93. The first-order chi connectivity index (χ1) is 17.0. The topological polar surface area (TPSA) is 94.8 Å². The van der Waals surface area contributed by atoms with Crippen LogP contribution in [0.4, 0.5) is 4.39 Å². The summed E-state index contributed by atoms with van der Waals surface area (Å²) >= 11 is 0. The number of carbonyl (C=O) groups is 2. The molecule has 8 nitrogen and oxygen atoms in total. The third-order valence-corrected chi connectivity index (χ3v) is 5.96. The number of esters is 1. The van der Waals surface area contributed by atoms with Crippen molar-refractivity contribution < 1.29 is 28.0 Å². The van der Waals surface area contributed by atoms with Crippen LogP contribution in [0.3, 0.4) is 0 Å². The maximum absolute atomic E-state index is 13.3. The Bertz CT molecular complexity index is 1120. The number of nitrogens with zero attached hydrogens (tertiary/aromatic N) is 3. The van der Waals surface area contributed by atoms with Gasteiger partial charge in [-0.2, -0.15) is 4.98 Å². The van der Waals surface area contributed by atoms with E-state index in [2.05, 4.69) is 10.1 Å². The third-order valence-electron chi connectivity index (χ3n) is 5.96. The molecular weight excluding hydrogens is 453 g/mol. The summed E-state index contributed by atoms with van der Waals surface area (Å²) in [7, 11) is 0. The second-order valence-corrected chi connectivity index (χ2v) is 8.56. The van der Waals surface area contributed by atoms with Gasteiger partial charge >= 0.3 is 5.97 Å². The Kier molecular flexibility index (Phi) is 8.07. The molecule has 1 heterocycles. The fraction of sp³-hybridized carbons (Fsp3) is 0.385. The highest BCUT2D eigenvalue weighted by Crippen LogP contribution is 2.24. The van der Waals surface area contributed by atoms with Crippen molar-refractivity contribution in [1.82, 2.24) is 15.0 Å². The standard InChI is InChI=1S/C26H28FN3O5/c1-18-28-24(29-35-18)16-33-23-13-9-20(10-14-23)26(32)34-17-25(31)30(22-5-3-2-4-6-22)15-19-7-11-21(27)12-8-19/h7-14,22H,2-6,15-17H2,1H3. The predicted octanol–water partition coefficient (Wildman–Crippen LogP) is 4.61. The Morgan fingerprint density at radius 2 is 1.77 bits per heavy atom. The van der Waals surface area contributed by atoms with Crippen LogP contribution in [0.15, 0.2) is 53.1 Å². The third kappa shape index (κ3) is 6.88. The number of hydrogen-bond acceptors (Lipinski definition) is 7. The number of aromatic nitrogens is 2. The fourth-order valence-electron chi connectivity index (χ4n) is 4.13. The van der Waals surface area contributed by atoms with Gasteiger partial charge in [-0.1, -0.05) is 36.6 Å². The van der Waals surface area contributed by atoms with Crippen LogP contribution in [0.2, 0.25) is 0 Å². The fourth-order valence-corrected chi connectivity index (χ4v) is 4.13. The second-order valence-electron chi connectivity index (χ2n) is 8.56. The zero-order chi connectivity index (χ0) is 24.6. The van der Waals surface area contributed by atoms with E-state index in [-0.39, 0.29) is 31.0 Å². The smallest absolute Gasteiger partial charge is 0.338 e. The average molecular weight is 482 g/mol. The van der Waals surface area contributed by atoms with Gasteiger partial charge in [0.05, 0.1) is 5.56 Å². The van der Waals surface area contributed by atoms with E-state index < -0.39 is 5.97 Å². The summed E-state index contributed by atoms with van der Waals surface area (Å²) in [5, 5.41) is 3.76. The number of aryl methyl sites for hydroxylation is 1. The largest absolute Gasteiger partial charge is 0.485 e. The monoisotopic (exact) mass is 481 g/mol. The lowest BCUT2D eigenvalue weighted by Gasteiger charge is -2.34. The highest BCUT2D eigenvalue weighted by molar-refractivity contribution is 5.91. The van der Waals surface area contributed by atoms with Gasteiger partial charge in [0.25, 0.3) is 5.91 Å². The first-order valence-electron chi connectivity index (χ1n) is 11.7. The van der Waals surface area contributed by atoms with E-state index in [4.69, 9.17) is 14.0 Å². The molecule has 2 aromatic carbocycles. The van der Waals surface area contributed by atoms with Crippen LogP contribution in [0, 0.1) is 12.7 Å². The van der Waals surface area contributed by atoms with E-state index in [0.717, 1.165) is 37.7 Å². The number of hydrogen-bond donors (Lipinski definition) is 0. The minimum atomic E-state index is -0.593. The molecule has 0 atom stereocenters. The molecular formula is C26H28FN3O5. The first-order valence-corrected chi connectivity index (χ1v) is 11.7. The van der Waals surface area contributed by atoms with Gasteiger partial charge in [-0.25, -0.2) is 9.18 Å². The van der Waals surface area contributed by atoms with Gasteiger partial charge in [0.15, 0.2) is 13.2 Å². The lowest BCUT2D eigenvalue weighted by molar-refractivity contribution is -0.138. The van der Waals surface area contributed by atoms with Gasteiger partial charge in [0.2, 0.25) is 11.7 Å². The van der Waals surface area contributed by atoms with Crippen molar-refractivity contribution in [3.05, 3.63) is 77.2 Å². The molecule has 1 aliphatic carbocycles. The molecule has 9 heteroatoms. The summed E-state index contributed by atoms with van der Waals surface area (Å²) < 4.78 is 29.1. The maximum Gasteiger partial charge on any atom is 0.338 e. The molecule has 0 radical (unpaired) electrons. The molecule has 1 amide bonds. The van der Waals surface area contributed by atoms with Gasteiger partial charge in [0.1, 0.15) is 11.6 Å². The van der Waals surface area contributed by atoms with Gasteiger partial charge in [0, 0.05) is 19.5 Å². The molecule has 1 aromatic heterocycles. The summed E-state index contributed by atoms with van der Waals surface area (Å²) in [6.07, 6.45) is 5.08. The molecule has 0 aliphatic heterocycles. The van der Waals surface area contributed by atoms with Crippen molar-refractivity contribution in [2.24, 2.45) is 0 Å². The van der Waals surface area contributed by atoms with Crippen LogP contribution in [-0.2, 0) is 22.7 Å². The summed E-state index contributed by atoms with van der Waals surface area (Å²) in [5.74, 6) is 0.236. The molecule has 0 spiro atoms. The second kappa shape index (κ2) is 11.6. The molecule has 1 fully saturated rings.